The molecule has 0 unspecified atom stereocenters. The largest absolute Gasteiger partial charge is 0.497 e. The molecule has 2 aromatic heterocycles. The number of methoxy groups -OCH3 is 4. The van der Waals surface area contributed by atoms with Gasteiger partial charge in [-0.2, -0.15) is 5.10 Å². The van der Waals surface area contributed by atoms with E-state index in [1.165, 1.54) is 11.3 Å². The topological polar surface area (TPSA) is 104 Å². The number of benzene rings is 2. The van der Waals surface area contributed by atoms with Gasteiger partial charge in [0.2, 0.25) is 10.9 Å². The number of thiazole rings is 1. The van der Waals surface area contributed by atoms with Crippen molar-refractivity contribution < 1.29 is 23.4 Å². The van der Waals surface area contributed by atoms with Crippen LogP contribution in [-0.2, 0) is 0 Å². The Morgan fingerprint density at radius 2 is 1.74 bits per heavy atom. The van der Waals surface area contributed by atoms with Crippen LogP contribution in [0, 0.1) is 0 Å². The first-order chi connectivity index (χ1) is 16.5. The molecule has 2 aromatic carbocycles. The molecule has 10 heteroatoms. The Morgan fingerprint density at radius 3 is 2.38 bits per heavy atom. The van der Waals surface area contributed by atoms with Crippen molar-refractivity contribution in [2.75, 3.05) is 33.9 Å². The van der Waals surface area contributed by atoms with Crippen LogP contribution in [0.2, 0.25) is 0 Å². The minimum absolute atomic E-state index is 0.357. The summed E-state index contributed by atoms with van der Waals surface area (Å²) in [5.41, 5.74) is 5.26. The first-order valence-electron chi connectivity index (χ1n) is 10.2. The molecule has 0 aliphatic heterocycles. The second kappa shape index (κ2) is 9.84. The predicted molar refractivity (Wildman–Crippen MR) is 132 cm³/mol. The third-order valence-electron chi connectivity index (χ3n) is 5.12. The molecule has 0 atom stereocenters. The van der Waals surface area contributed by atoms with Crippen LogP contribution in [0.15, 0.2) is 56.1 Å². The number of hydrogen-bond acceptors (Lipinski definition) is 10. The number of hydrazone groups is 1. The lowest BCUT2D eigenvalue weighted by Gasteiger charge is -2.14. The summed E-state index contributed by atoms with van der Waals surface area (Å²) < 4.78 is 26.9. The maximum Gasteiger partial charge on any atom is 0.345 e. The lowest BCUT2D eigenvalue weighted by molar-refractivity contribution is 0.324. The first-order valence-corrected chi connectivity index (χ1v) is 11.0. The van der Waals surface area contributed by atoms with Gasteiger partial charge in [0.15, 0.2) is 11.5 Å². The summed E-state index contributed by atoms with van der Waals surface area (Å²) in [6, 6.07) is 10.6. The Hall–Kier alpha value is -4.05. The Labute approximate surface area is 199 Å². The molecule has 0 amide bonds. The molecular formula is C24H23N3O6S. The van der Waals surface area contributed by atoms with Crippen LogP contribution < -0.4 is 30.0 Å². The van der Waals surface area contributed by atoms with Crippen molar-refractivity contribution in [2.45, 2.75) is 6.92 Å². The van der Waals surface area contributed by atoms with Gasteiger partial charge < -0.3 is 23.4 Å². The highest BCUT2D eigenvalue weighted by Crippen LogP contribution is 2.38. The maximum atomic E-state index is 12.5. The molecule has 4 aromatic rings. The van der Waals surface area contributed by atoms with Crippen molar-refractivity contribution in [3.8, 4) is 34.3 Å². The van der Waals surface area contributed by atoms with E-state index in [0.29, 0.717) is 50.7 Å². The Balaban J connectivity index is 1.60. The zero-order valence-corrected chi connectivity index (χ0v) is 20.1. The van der Waals surface area contributed by atoms with E-state index in [1.54, 1.807) is 58.1 Å². The number of rotatable bonds is 8. The van der Waals surface area contributed by atoms with Crippen molar-refractivity contribution in [3.05, 3.63) is 57.8 Å². The molecule has 34 heavy (non-hydrogen) atoms. The van der Waals surface area contributed by atoms with Gasteiger partial charge in [-0.15, -0.1) is 11.3 Å². The molecule has 176 valence electrons. The predicted octanol–water partition coefficient (Wildman–Crippen LogP) is 4.79. The molecule has 0 fully saturated rings. The zero-order valence-electron chi connectivity index (χ0n) is 19.3. The molecule has 0 bridgehead atoms. The molecule has 0 saturated carbocycles. The fourth-order valence-corrected chi connectivity index (χ4v) is 3.99. The minimum Gasteiger partial charge on any atom is -0.497 e. The van der Waals surface area contributed by atoms with Gasteiger partial charge in [0.05, 0.1) is 45.4 Å². The highest BCUT2D eigenvalue weighted by atomic mass is 32.1. The second-order valence-corrected chi connectivity index (χ2v) is 7.97. The quantitative estimate of drug-likeness (QED) is 0.218. The van der Waals surface area contributed by atoms with Crippen molar-refractivity contribution in [3.63, 3.8) is 0 Å². The van der Waals surface area contributed by atoms with E-state index in [4.69, 9.17) is 23.4 Å². The number of nitrogens with one attached hydrogen (secondary N) is 1. The molecule has 4 rings (SSSR count). The highest BCUT2D eigenvalue weighted by molar-refractivity contribution is 7.14. The summed E-state index contributed by atoms with van der Waals surface area (Å²) in [5.74, 6) is 2.24. The third kappa shape index (κ3) is 4.53. The monoisotopic (exact) mass is 481 g/mol. The van der Waals surface area contributed by atoms with Gasteiger partial charge >= 0.3 is 5.63 Å². The molecule has 0 aliphatic carbocycles. The normalized spacial score (nSPS) is 11.4. The fraction of sp³-hybridized carbons (Fsp3) is 0.208. The van der Waals surface area contributed by atoms with E-state index in [0.717, 1.165) is 10.9 Å². The van der Waals surface area contributed by atoms with Gasteiger partial charge in [-0.3, -0.25) is 5.43 Å². The third-order valence-corrected chi connectivity index (χ3v) is 5.87. The molecule has 0 radical (unpaired) electrons. The van der Waals surface area contributed by atoms with Gasteiger partial charge in [0.1, 0.15) is 11.3 Å². The van der Waals surface area contributed by atoms with Crippen LogP contribution in [0.25, 0.3) is 22.2 Å². The number of anilines is 1. The van der Waals surface area contributed by atoms with Gasteiger partial charge in [0, 0.05) is 16.3 Å². The van der Waals surface area contributed by atoms with Crippen molar-refractivity contribution >= 4 is 33.1 Å². The molecule has 2 heterocycles. The SMILES string of the molecule is COc1ccc2oc(=O)c(-c3csc(N/N=C(\C)c4cc(OC)c(OC)c(OC)c4)n3)cc2c1. The van der Waals surface area contributed by atoms with Crippen LogP contribution in [0.1, 0.15) is 12.5 Å². The first kappa shape index (κ1) is 23.1. The number of ether oxygens (including phenoxy) is 4. The molecule has 1 N–H and O–H groups in total. The summed E-state index contributed by atoms with van der Waals surface area (Å²) in [6.45, 7) is 1.84. The van der Waals surface area contributed by atoms with E-state index in [-0.39, 0.29) is 0 Å². The standard InChI is InChI=1S/C24H23N3O6S/c1-13(14-10-20(30-3)22(32-5)21(11-14)31-4)26-27-24-25-18(12-34-24)17-9-15-8-16(29-2)6-7-19(15)33-23(17)28/h6-12H,1-5H3,(H,25,27)/b26-13+. The van der Waals surface area contributed by atoms with Crippen LogP contribution >= 0.6 is 11.3 Å². The van der Waals surface area contributed by atoms with Gasteiger partial charge in [-0.05, 0) is 43.3 Å². The Kier molecular flexibility index (Phi) is 6.69. The van der Waals surface area contributed by atoms with Crippen LogP contribution in [-0.4, -0.2) is 39.1 Å². The molecular weight excluding hydrogens is 458 g/mol. The summed E-state index contributed by atoms with van der Waals surface area (Å²) in [6.07, 6.45) is 0. The lowest BCUT2D eigenvalue weighted by atomic mass is 10.1. The summed E-state index contributed by atoms with van der Waals surface area (Å²) in [4.78, 5) is 17.0. The average Bonchev–Trinajstić information content (AvgIpc) is 3.34. The number of fused-ring (bicyclic) bond motifs is 1. The summed E-state index contributed by atoms with van der Waals surface area (Å²) in [7, 11) is 6.25. The van der Waals surface area contributed by atoms with Crippen LogP contribution in [0.4, 0.5) is 5.13 Å². The molecule has 9 nitrogen and oxygen atoms in total. The van der Waals surface area contributed by atoms with Crippen LogP contribution in [0.3, 0.4) is 0 Å². The number of hydrogen-bond donors (Lipinski definition) is 1. The smallest absolute Gasteiger partial charge is 0.345 e. The van der Waals surface area contributed by atoms with E-state index < -0.39 is 5.63 Å². The van der Waals surface area contributed by atoms with Crippen molar-refractivity contribution in [2.24, 2.45) is 5.10 Å². The zero-order chi connectivity index (χ0) is 24.2. The Morgan fingerprint density at radius 1 is 1.00 bits per heavy atom. The van der Waals surface area contributed by atoms with E-state index in [2.05, 4.69) is 15.5 Å². The van der Waals surface area contributed by atoms with Gasteiger partial charge in [0.25, 0.3) is 0 Å². The molecule has 0 aliphatic rings. The number of nitrogens with zero attached hydrogens (tertiary/aromatic N) is 2. The van der Waals surface area contributed by atoms with Crippen LogP contribution in [0.5, 0.6) is 23.0 Å². The number of aromatic nitrogens is 1. The van der Waals surface area contributed by atoms with Crippen molar-refractivity contribution in [1.82, 2.24) is 4.98 Å². The summed E-state index contributed by atoms with van der Waals surface area (Å²) >= 11 is 1.32. The van der Waals surface area contributed by atoms with E-state index in [1.807, 2.05) is 19.1 Å². The van der Waals surface area contributed by atoms with E-state index >= 15 is 0 Å². The molecule has 0 spiro atoms. The molecule has 0 saturated heterocycles. The minimum atomic E-state index is -0.466. The lowest BCUT2D eigenvalue weighted by Crippen LogP contribution is -2.04. The van der Waals surface area contributed by atoms with Gasteiger partial charge in [-0.1, -0.05) is 0 Å². The average molecular weight is 482 g/mol. The van der Waals surface area contributed by atoms with Gasteiger partial charge in [-0.25, -0.2) is 9.78 Å². The van der Waals surface area contributed by atoms with E-state index in [9.17, 15) is 4.79 Å². The highest BCUT2D eigenvalue weighted by Gasteiger charge is 2.15. The van der Waals surface area contributed by atoms with Crippen molar-refractivity contribution in [1.29, 1.82) is 0 Å². The maximum absolute atomic E-state index is 12.5. The summed E-state index contributed by atoms with van der Waals surface area (Å²) in [5, 5.41) is 7.45. The fourth-order valence-electron chi connectivity index (χ4n) is 3.34. The Bertz CT molecular complexity index is 1400. The second-order valence-electron chi connectivity index (χ2n) is 7.11.